The van der Waals surface area contributed by atoms with Crippen molar-refractivity contribution in [2.45, 2.75) is 19.8 Å². The molecule has 0 bridgehead atoms. The SMILES string of the molecule is [C-]#[N+]CCCc1nc2ccc(-c3cnc4ccc(-c5cn[nH]c5C)cn34)cc2s1. The summed E-state index contributed by atoms with van der Waals surface area (Å²) in [4.78, 5) is 12.7. The highest BCUT2D eigenvalue weighted by atomic mass is 32.1. The number of imidazole rings is 1. The van der Waals surface area contributed by atoms with E-state index in [1.807, 2.05) is 25.4 Å². The van der Waals surface area contributed by atoms with Gasteiger partial charge in [-0.1, -0.05) is 6.07 Å². The maximum atomic E-state index is 6.92. The number of fused-ring (bicyclic) bond motifs is 2. The van der Waals surface area contributed by atoms with Gasteiger partial charge in [-0.25, -0.2) is 16.5 Å². The highest BCUT2D eigenvalue weighted by molar-refractivity contribution is 7.18. The summed E-state index contributed by atoms with van der Waals surface area (Å²) in [6.45, 7) is 9.50. The average molecular weight is 398 g/mol. The Morgan fingerprint density at radius 2 is 2.07 bits per heavy atom. The van der Waals surface area contributed by atoms with Crippen molar-refractivity contribution in [3.63, 3.8) is 0 Å². The van der Waals surface area contributed by atoms with E-state index in [9.17, 15) is 0 Å². The molecule has 5 aromatic rings. The molecule has 0 amide bonds. The van der Waals surface area contributed by atoms with Gasteiger partial charge in [0, 0.05) is 41.4 Å². The van der Waals surface area contributed by atoms with Crippen LogP contribution in [-0.2, 0) is 6.42 Å². The van der Waals surface area contributed by atoms with Gasteiger partial charge in [-0.2, -0.15) is 5.10 Å². The van der Waals surface area contributed by atoms with Crippen LogP contribution in [0.2, 0.25) is 0 Å². The van der Waals surface area contributed by atoms with Gasteiger partial charge in [-0.3, -0.25) is 9.50 Å². The number of pyridine rings is 1. The number of aromatic nitrogens is 5. The molecule has 0 aliphatic heterocycles. The van der Waals surface area contributed by atoms with E-state index in [1.165, 1.54) is 0 Å². The first-order valence-electron chi connectivity index (χ1n) is 9.43. The number of thiazole rings is 1. The van der Waals surface area contributed by atoms with Crippen molar-refractivity contribution in [2.24, 2.45) is 0 Å². The van der Waals surface area contributed by atoms with Crippen LogP contribution in [0, 0.1) is 13.5 Å². The second-order valence-electron chi connectivity index (χ2n) is 6.97. The molecule has 0 saturated heterocycles. The fraction of sp³-hybridized carbons (Fsp3) is 0.182. The number of aryl methyl sites for hydroxylation is 2. The lowest BCUT2D eigenvalue weighted by atomic mass is 10.1. The molecule has 142 valence electrons. The second kappa shape index (κ2) is 7.15. The first kappa shape index (κ1) is 17.6. The lowest BCUT2D eigenvalue weighted by Gasteiger charge is -2.05. The molecular formula is C22H18N6S. The predicted molar refractivity (Wildman–Crippen MR) is 116 cm³/mol. The molecule has 4 aromatic heterocycles. The van der Waals surface area contributed by atoms with Crippen molar-refractivity contribution in [3.05, 3.63) is 71.0 Å². The van der Waals surface area contributed by atoms with E-state index in [4.69, 9.17) is 11.6 Å². The van der Waals surface area contributed by atoms with E-state index < -0.39 is 0 Å². The summed E-state index contributed by atoms with van der Waals surface area (Å²) in [5, 5.41) is 8.23. The molecule has 0 aliphatic rings. The summed E-state index contributed by atoms with van der Waals surface area (Å²) < 4.78 is 3.29. The molecular weight excluding hydrogens is 380 g/mol. The van der Waals surface area contributed by atoms with Crippen LogP contribution in [0.15, 0.2) is 48.9 Å². The van der Waals surface area contributed by atoms with Crippen molar-refractivity contribution < 1.29 is 0 Å². The zero-order valence-corrected chi connectivity index (χ0v) is 16.7. The first-order chi connectivity index (χ1) is 14.2. The lowest BCUT2D eigenvalue weighted by molar-refractivity contribution is 0.884. The molecule has 29 heavy (non-hydrogen) atoms. The third kappa shape index (κ3) is 3.18. The summed E-state index contributed by atoms with van der Waals surface area (Å²) in [7, 11) is 0. The van der Waals surface area contributed by atoms with Gasteiger partial charge >= 0.3 is 0 Å². The number of benzene rings is 1. The fourth-order valence-electron chi connectivity index (χ4n) is 3.54. The minimum absolute atomic E-state index is 0.557. The van der Waals surface area contributed by atoms with E-state index in [0.717, 1.165) is 61.8 Å². The van der Waals surface area contributed by atoms with Gasteiger partial charge in [-0.15, -0.1) is 11.3 Å². The third-order valence-electron chi connectivity index (χ3n) is 5.04. The summed E-state index contributed by atoms with van der Waals surface area (Å²) >= 11 is 1.71. The topological polar surface area (TPSA) is 63.2 Å². The molecule has 0 saturated carbocycles. The van der Waals surface area contributed by atoms with Crippen LogP contribution < -0.4 is 0 Å². The lowest BCUT2D eigenvalue weighted by Crippen LogP contribution is -1.90. The predicted octanol–water partition coefficient (Wildman–Crippen LogP) is 5.16. The smallest absolute Gasteiger partial charge is 0.215 e. The van der Waals surface area contributed by atoms with Gasteiger partial charge in [0.25, 0.3) is 0 Å². The maximum Gasteiger partial charge on any atom is 0.215 e. The molecule has 4 heterocycles. The first-order valence-corrected chi connectivity index (χ1v) is 10.2. The molecule has 5 rings (SSSR count). The molecule has 0 spiro atoms. The molecule has 7 heteroatoms. The van der Waals surface area contributed by atoms with E-state index in [0.29, 0.717) is 6.54 Å². The van der Waals surface area contributed by atoms with Crippen LogP contribution in [0.5, 0.6) is 0 Å². The number of H-pyrrole nitrogens is 1. The molecule has 6 nitrogen and oxygen atoms in total. The third-order valence-corrected chi connectivity index (χ3v) is 6.11. The molecule has 0 aliphatic carbocycles. The number of aromatic amines is 1. The highest BCUT2D eigenvalue weighted by Crippen LogP contribution is 2.30. The van der Waals surface area contributed by atoms with Crippen LogP contribution in [0.25, 0.3) is 43.1 Å². The molecule has 1 N–H and O–H groups in total. The van der Waals surface area contributed by atoms with Crippen LogP contribution >= 0.6 is 11.3 Å². The number of nitrogens with one attached hydrogen (secondary N) is 1. The Hall–Kier alpha value is -3.50. The van der Waals surface area contributed by atoms with Crippen LogP contribution in [0.4, 0.5) is 0 Å². The van der Waals surface area contributed by atoms with Crippen molar-refractivity contribution in [1.82, 2.24) is 24.6 Å². The van der Waals surface area contributed by atoms with Gasteiger partial charge in [0.2, 0.25) is 6.54 Å². The van der Waals surface area contributed by atoms with E-state index in [1.54, 1.807) is 11.3 Å². The number of rotatable bonds is 5. The van der Waals surface area contributed by atoms with E-state index >= 15 is 0 Å². The minimum atomic E-state index is 0.557. The molecule has 0 unspecified atom stereocenters. The van der Waals surface area contributed by atoms with E-state index in [-0.39, 0.29) is 0 Å². The standard InChI is InChI=1S/C22H18N6S/c1-14-17(11-25-27-14)16-6-8-21-24-12-19(28(21)13-16)15-5-7-18-20(10-15)29-22(26-18)4-3-9-23-2/h5-8,10-13H,3-4,9H2,1H3,(H,25,27). The monoisotopic (exact) mass is 398 g/mol. The molecule has 1 aromatic carbocycles. The summed E-state index contributed by atoms with van der Waals surface area (Å²) in [6.07, 6.45) is 7.61. The van der Waals surface area contributed by atoms with Crippen LogP contribution in [0.1, 0.15) is 17.1 Å². The molecule has 0 fully saturated rings. The van der Waals surface area contributed by atoms with Gasteiger partial charge in [0.1, 0.15) is 5.65 Å². The molecule has 0 atom stereocenters. The van der Waals surface area contributed by atoms with Crippen LogP contribution in [-0.4, -0.2) is 31.1 Å². The van der Waals surface area contributed by atoms with Gasteiger partial charge < -0.3 is 4.85 Å². The Morgan fingerprint density at radius 1 is 1.17 bits per heavy atom. The van der Waals surface area contributed by atoms with E-state index in [2.05, 4.69) is 54.9 Å². The number of hydrogen-bond donors (Lipinski definition) is 1. The Morgan fingerprint density at radius 3 is 2.90 bits per heavy atom. The van der Waals surface area contributed by atoms with Gasteiger partial charge in [0.05, 0.1) is 33.3 Å². The Labute approximate surface area is 171 Å². The normalized spacial score (nSPS) is 11.3. The van der Waals surface area contributed by atoms with Crippen molar-refractivity contribution >= 4 is 27.2 Å². The molecule has 0 radical (unpaired) electrons. The summed E-state index contributed by atoms with van der Waals surface area (Å²) in [5.41, 5.74) is 7.32. The van der Waals surface area contributed by atoms with Gasteiger partial charge in [-0.05, 0) is 31.2 Å². The zero-order chi connectivity index (χ0) is 19.8. The average Bonchev–Trinajstić information content (AvgIpc) is 3.44. The van der Waals surface area contributed by atoms with Crippen molar-refractivity contribution in [2.75, 3.05) is 6.54 Å². The second-order valence-corrected chi connectivity index (χ2v) is 8.09. The maximum absolute atomic E-state index is 6.92. The zero-order valence-electron chi connectivity index (χ0n) is 15.9. The van der Waals surface area contributed by atoms with Crippen molar-refractivity contribution in [1.29, 1.82) is 0 Å². The summed E-state index contributed by atoms with van der Waals surface area (Å²) in [6, 6.07) is 10.5. The Balaban J connectivity index is 1.55. The largest absolute Gasteiger partial charge is 0.317 e. The highest BCUT2D eigenvalue weighted by Gasteiger charge is 2.12. The Bertz CT molecular complexity index is 1370. The fourth-order valence-corrected chi connectivity index (χ4v) is 4.59. The number of nitrogens with zero attached hydrogens (tertiary/aromatic N) is 5. The van der Waals surface area contributed by atoms with Crippen LogP contribution in [0.3, 0.4) is 0 Å². The Kier molecular flexibility index (Phi) is 4.34. The number of hydrogen-bond acceptors (Lipinski definition) is 4. The quantitative estimate of drug-likeness (QED) is 0.328. The van der Waals surface area contributed by atoms with Gasteiger partial charge in [0.15, 0.2) is 0 Å². The minimum Gasteiger partial charge on any atom is -0.317 e. The van der Waals surface area contributed by atoms with Crippen molar-refractivity contribution in [3.8, 4) is 22.4 Å². The summed E-state index contributed by atoms with van der Waals surface area (Å²) in [5.74, 6) is 0.